The summed E-state index contributed by atoms with van der Waals surface area (Å²) >= 11 is 0. The second-order valence-corrected chi connectivity index (χ2v) is 3.29. The Morgan fingerprint density at radius 3 is 2.77 bits per heavy atom. The van der Waals surface area contributed by atoms with E-state index < -0.39 is 0 Å². The number of hydrogen-bond acceptors (Lipinski definition) is 4. The van der Waals surface area contributed by atoms with E-state index in [1.54, 1.807) is 6.33 Å². The Morgan fingerprint density at radius 1 is 1.54 bits per heavy atom. The lowest BCUT2D eigenvalue weighted by Crippen LogP contribution is -2.32. The average Bonchev–Trinajstić information content (AvgIpc) is 2.62. The van der Waals surface area contributed by atoms with Gasteiger partial charge in [-0.25, -0.2) is 4.98 Å². The second kappa shape index (κ2) is 2.76. The number of imidazole rings is 1. The highest BCUT2D eigenvalue weighted by Crippen LogP contribution is 2.21. The molecule has 2 heterocycles. The van der Waals surface area contributed by atoms with Crippen molar-refractivity contribution < 1.29 is 0 Å². The quantitative estimate of drug-likeness (QED) is 0.645. The van der Waals surface area contributed by atoms with Crippen LogP contribution in [-0.2, 0) is 7.05 Å². The van der Waals surface area contributed by atoms with Gasteiger partial charge in [0.25, 0.3) is 0 Å². The zero-order valence-corrected chi connectivity index (χ0v) is 7.81. The first-order valence-corrected chi connectivity index (χ1v) is 4.19. The van der Waals surface area contributed by atoms with Crippen molar-refractivity contribution >= 4 is 5.96 Å². The van der Waals surface area contributed by atoms with Gasteiger partial charge in [0.1, 0.15) is 0 Å². The summed E-state index contributed by atoms with van der Waals surface area (Å²) in [5.74, 6) is 0.593. The van der Waals surface area contributed by atoms with E-state index in [2.05, 4.69) is 9.98 Å². The summed E-state index contributed by atoms with van der Waals surface area (Å²) in [6, 6.07) is 0.209. The molecular formula is C8H13N5. The normalized spacial score (nSPS) is 22.2. The molecule has 0 radical (unpaired) electrons. The number of nitrogens with two attached hydrogens (primary N) is 1. The topological polar surface area (TPSA) is 59.4 Å². The Morgan fingerprint density at radius 2 is 2.31 bits per heavy atom. The highest BCUT2D eigenvalue weighted by molar-refractivity contribution is 5.79. The molecule has 1 unspecified atom stereocenters. The molecule has 0 saturated carbocycles. The third-order valence-electron chi connectivity index (χ3n) is 2.32. The Kier molecular flexibility index (Phi) is 1.72. The molecule has 70 valence electrons. The highest BCUT2D eigenvalue weighted by atomic mass is 15.3. The van der Waals surface area contributed by atoms with Crippen molar-refractivity contribution in [2.75, 3.05) is 13.6 Å². The van der Waals surface area contributed by atoms with Crippen molar-refractivity contribution in [3.63, 3.8) is 0 Å². The molecule has 5 nitrogen and oxygen atoms in total. The number of nitrogens with zero attached hydrogens (tertiary/aromatic N) is 4. The van der Waals surface area contributed by atoms with Gasteiger partial charge in [-0.15, -0.1) is 0 Å². The molecule has 5 heteroatoms. The number of aryl methyl sites for hydroxylation is 1. The fourth-order valence-electron chi connectivity index (χ4n) is 1.47. The lowest BCUT2D eigenvalue weighted by atomic mass is 10.2. The molecule has 0 saturated heterocycles. The maximum atomic E-state index is 5.65. The summed E-state index contributed by atoms with van der Waals surface area (Å²) in [6.45, 7) is 0.708. The van der Waals surface area contributed by atoms with Crippen molar-refractivity contribution in [3.8, 4) is 0 Å². The minimum Gasteiger partial charge on any atom is -0.370 e. The van der Waals surface area contributed by atoms with Gasteiger partial charge in [0.15, 0.2) is 5.96 Å². The number of aliphatic imine (C=N–C) groups is 1. The van der Waals surface area contributed by atoms with Gasteiger partial charge in [-0.2, -0.15) is 0 Å². The van der Waals surface area contributed by atoms with Crippen molar-refractivity contribution in [2.45, 2.75) is 6.04 Å². The molecule has 0 aliphatic carbocycles. The second-order valence-electron chi connectivity index (χ2n) is 3.29. The third-order valence-corrected chi connectivity index (χ3v) is 2.32. The zero-order valence-electron chi connectivity index (χ0n) is 7.81. The first-order chi connectivity index (χ1) is 6.18. The first kappa shape index (κ1) is 8.10. The molecule has 13 heavy (non-hydrogen) atoms. The summed E-state index contributed by atoms with van der Waals surface area (Å²) in [5, 5.41) is 0. The molecule has 1 aliphatic rings. The fraction of sp³-hybridized carbons (Fsp3) is 0.500. The van der Waals surface area contributed by atoms with Crippen LogP contribution in [0.25, 0.3) is 0 Å². The van der Waals surface area contributed by atoms with E-state index in [0.29, 0.717) is 12.5 Å². The van der Waals surface area contributed by atoms with Crippen LogP contribution in [-0.4, -0.2) is 34.0 Å². The van der Waals surface area contributed by atoms with Crippen LogP contribution >= 0.6 is 0 Å². The van der Waals surface area contributed by atoms with E-state index in [9.17, 15) is 0 Å². The van der Waals surface area contributed by atoms with E-state index in [1.165, 1.54) is 0 Å². The van der Waals surface area contributed by atoms with Crippen LogP contribution in [0, 0.1) is 0 Å². The van der Waals surface area contributed by atoms with Gasteiger partial charge in [0.05, 0.1) is 24.6 Å². The maximum Gasteiger partial charge on any atom is 0.191 e. The molecule has 0 spiro atoms. The largest absolute Gasteiger partial charge is 0.370 e. The summed E-state index contributed by atoms with van der Waals surface area (Å²) in [6.07, 6.45) is 3.78. The van der Waals surface area contributed by atoms with Gasteiger partial charge < -0.3 is 15.2 Å². The number of aromatic nitrogens is 2. The van der Waals surface area contributed by atoms with Crippen LogP contribution in [0.15, 0.2) is 17.5 Å². The summed E-state index contributed by atoms with van der Waals surface area (Å²) < 4.78 is 1.93. The van der Waals surface area contributed by atoms with Crippen molar-refractivity contribution in [1.82, 2.24) is 14.5 Å². The number of likely N-dealkylation sites (N-methyl/N-ethyl adjacent to an activating group) is 1. The molecule has 1 atom stereocenters. The molecular weight excluding hydrogens is 166 g/mol. The Bertz CT molecular complexity index is 340. The minimum atomic E-state index is 0.209. The third kappa shape index (κ3) is 1.26. The predicted molar refractivity (Wildman–Crippen MR) is 50.2 cm³/mol. The van der Waals surface area contributed by atoms with E-state index in [1.807, 2.05) is 29.8 Å². The molecule has 2 N–H and O–H groups in total. The predicted octanol–water partition coefficient (Wildman–Crippen LogP) is -0.279. The Balaban J connectivity index is 2.21. The number of rotatable bonds is 1. The monoisotopic (exact) mass is 179 g/mol. The molecule has 1 aromatic rings. The number of hydrogen-bond donors (Lipinski definition) is 1. The maximum absolute atomic E-state index is 5.65. The molecule has 1 aromatic heterocycles. The SMILES string of the molecule is CN1C(N)=NCC1c1cn(C)cn1. The smallest absolute Gasteiger partial charge is 0.191 e. The van der Waals surface area contributed by atoms with E-state index in [4.69, 9.17) is 5.73 Å². The van der Waals surface area contributed by atoms with Crippen LogP contribution in [0.4, 0.5) is 0 Å². The number of guanidine groups is 1. The lowest BCUT2D eigenvalue weighted by molar-refractivity contribution is 0.406. The standard InChI is InChI=1S/C8H13N5/c1-12-4-6(11-5-12)7-3-10-8(9)13(7)2/h4-5,7H,3H2,1-2H3,(H2,9,10). The van der Waals surface area contributed by atoms with Crippen LogP contribution in [0.5, 0.6) is 0 Å². The van der Waals surface area contributed by atoms with Gasteiger partial charge in [-0.05, 0) is 0 Å². The summed E-state index contributed by atoms with van der Waals surface area (Å²) in [7, 11) is 3.89. The minimum absolute atomic E-state index is 0.209. The highest BCUT2D eigenvalue weighted by Gasteiger charge is 2.25. The van der Waals surface area contributed by atoms with Crippen LogP contribution in [0.1, 0.15) is 11.7 Å². The molecule has 0 amide bonds. The zero-order chi connectivity index (χ0) is 9.42. The first-order valence-electron chi connectivity index (χ1n) is 4.19. The molecule has 0 bridgehead atoms. The van der Waals surface area contributed by atoms with Crippen molar-refractivity contribution in [1.29, 1.82) is 0 Å². The van der Waals surface area contributed by atoms with Crippen LogP contribution < -0.4 is 5.73 Å². The van der Waals surface area contributed by atoms with E-state index >= 15 is 0 Å². The van der Waals surface area contributed by atoms with Crippen molar-refractivity contribution in [2.24, 2.45) is 17.8 Å². The van der Waals surface area contributed by atoms with Gasteiger partial charge in [-0.1, -0.05) is 0 Å². The van der Waals surface area contributed by atoms with Gasteiger partial charge in [0, 0.05) is 20.3 Å². The van der Waals surface area contributed by atoms with Crippen molar-refractivity contribution in [3.05, 3.63) is 18.2 Å². The molecule has 0 fully saturated rings. The van der Waals surface area contributed by atoms with Gasteiger partial charge in [0.2, 0.25) is 0 Å². The van der Waals surface area contributed by atoms with Crippen LogP contribution in [0.3, 0.4) is 0 Å². The van der Waals surface area contributed by atoms with E-state index in [-0.39, 0.29) is 6.04 Å². The summed E-state index contributed by atoms with van der Waals surface area (Å²) in [5.41, 5.74) is 6.68. The Labute approximate surface area is 76.9 Å². The van der Waals surface area contributed by atoms with Gasteiger partial charge in [-0.3, -0.25) is 4.99 Å². The van der Waals surface area contributed by atoms with E-state index in [0.717, 1.165) is 5.69 Å². The van der Waals surface area contributed by atoms with Crippen LogP contribution in [0.2, 0.25) is 0 Å². The molecule has 0 aromatic carbocycles. The van der Waals surface area contributed by atoms with Gasteiger partial charge >= 0.3 is 0 Å². The summed E-state index contributed by atoms with van der Waals surface area (Å²) in [4.78, 5) is 10.4. The Hall–Kier alpha value is -1.52. The lowest BCUT2D eigenvalue weighted by Gasteiger charge is -2.18. The molecule has 2 rings (SSSR count). The molecule has 1 aliphatic heterocycles. The fourth-order valence-corrected chi connectivity index (χ4v) is 1.47. The average molecular weight is 179 g/mol.